The van der Waals surface area contributed by atoms with Crippen LogP contribution in [0.1, 0.15) is 34.3 Å². The van der Waals surface area contributed by atoms with Gasteiger partial charge in [-0.3, -0.25) is 14.9 Å². The number of para-hydroxylation sites is 1. The normalized spacial score (nSPS) is 13.0. The van der Waals surface area contributed by atoms with Crippen LogP contribution < -0.4 is 5.32 Å². The third-order valence-electron chi connectivity index (χ3n) is 4.69. The van der Waals surface area contributed by atoms with E-state index in [1.54, 1.807) is 6.07 Å². The molecule has 0 saturated heterocycles. The number of anilines is 1. The second-order valence-electron chi connectivity index (χ2n) is 6.38. The molecule has 1 aliphatic rings. The molecule has 2 aromatic carbocycles. The number of rotatable bonds is 4. The summed E-state index contributed by atoms with van der Waals surface area (Å²) >= 11 is 0. The van der Waals surface area contributed by atoms with Gasteiger partial charge in [0.15, 0.2) is 5.69 Å². The molecule has 1 aromatic heterocycles. The topological polar surface area (TPSA) is 111 Å². The second-order valence-corrected chi connectivity index (χ2v) is 6.38. The summed E-state index contributed by atoms with van der Waals surface area (Å²) in [5.41, 5.74) is 3.44. The minimum absolute atomic E-state index is 0.0538. The van der Waals surface area contributed by atoms with Gasteiger partial charge in [0.25, 0.3) is 11.6 Å². The maximum Gasteiger partial charge on any atom is 0.282 e. The van der Waals surface area contributed by atoms with E-state index in [2.05, 4.69) is 21.7 Å². The third-order valence-corrected chi connectivity index (χ3v) is 4.69. The summed E-state index contributed by atoms with van der Waals surface area (Å²) in [5.74, 6) is -0.508. The van der Waals surface area contributed by atoms with Crippen molar-refractivity contribution in [2.75, 3.05) is 5.32 Å². The first kappa shape index (κ1) is 16.9. The molecular weight excluding hydrogens is 348 g/mol. The van der Waals surface area contributed by atoms with Gasteiger partial charge in [0.2, 0.25) is 5.82 Å². The van der Waals surface area contributed by atoms with E-state index >= 15 is 0 Å². The first-order valence-corrected chi connectivity index (χ1v) is 8.63. The molecule has 1 heterocycles. The predicted molar refractivity (Wildman–Crippen MR) is 97.4 cm³/mol. The predicted octanol–water partition coefficient (Wildman–Crippen LogP) is 3.78. The Hall–Kier alpha value is -3.55. The lowest BCUT2D eigenvalue weighted by molar-refractivity contribution is -0.385. The minimum Gasteiger partial charge on any atom is -0.302 e. The van der Waals surface area contributed by atoms with Crippen molar-refractivity contribution in [1.82, 2.24) is 10.3 Å². The Labute approximate surface area is 154 Å². The maximum absolute atomic E-state index is 12.5. The molecule has 27 heavy (non-hydrogen) atoms. The Morgan fingerprint density at radius 2 is 1.85 bits per heavy atom. The van der Waals surface area contributed by atoms with Crippen molar-refractivity contribution in [3.63, 3.8) is 0 Å². The van der Waals surface area contributed by atoms with Gasteiger partial charge in [-0.2, -0.15) is 0 Å². The van der Waals surface area contributed by atoms with E-state index in [0.29, 0.717) is 5.69 Å². The summed E-state index contributed by atoms with van der Waals surface area (Å²) in [7, 11) is 0. The number of aryl methyl sites for hydroxylation is 2. The number of nitrogens with one attached hydrogen (secondary N) is 1. The first-order valence-electron chi connectivity index (χ1n) is 8.63. The number of hydrogen-bond donors (Lipinski definition) is 1. The molecule has 136 valence electrons. The molecule has 0 fully saturated rings. The van der Waals surface area contributed by atoms with Gasteiger partial charge in [0.1, 0.15) is 5.56 Å². The summed E-state index contributed by atoms with van der Waals surface area (Å²) in [6.45, 7) is 0. The van der Waals surface area contributed by atoms with Crippen LogP contribution in [0.3, 0.4) is 0 Å². The van der Waals surface area contributed by atoms with E-state index in [4.69, 9.17) is 4.63 Å². The molecule has 1 amide bonds. The number of carbonyl (C=O) groups excluding carboxylic acids is 1. The van der Waals surface area contributed by atoms with Crippen LogP contribution in [0.2, 0.25) is 0 Å². The maximum atomic E-state index is 12.5. The number of nitrogens with zero attached hydrogens (tertiary/aromatic N) is 3. The summed E-state index contributed by atoms with van der Waals surface area (Å²) in [6.07, 6.45) is 4.41. The SMILES string of the molecule is O=C(Nc1nonc1-c1ccc2c(c1)CCCC2)c1ccccc1[N+](=O)[O-]. The van der Waals surface area contributed by atoms with Crippen LogP contribution in [0.5, 0.6) is 0 Å². The zero-order chi connectivity index (χ0) is 18.8. The first-order chi connectivity index (χ1) is 13.1. The van der Waals surface area contributed by atoms with Gasteiger partial charge >= 0.3 is 0 Å². The highest BCUT2D eigenvalue weighted by Crippen LogP contribution is 2.30. The molecule has 0 bridgehead atoms. The van der Waals surface area contributed by atoms with Crippen LogP contribution in [0, 0.1) is 10.1 Å². The van der Waals surface area contributed by atoms with Gasteiger partial charge in [0.05, 0.1) is 4.92 Å². The molecule has 1 N–H and O–H groups in total. The molecule has 0 unspecified atom stereocenters. The average Bonchev–Trinajstić information content (AvgIpc) is 3.15. The van der Waals surface area contributed by atoms with E-state index in [1.165, 1.54) is 35.7 Å². The number of fused-ring (bicyclic) bond motifs is 1. The van der Waals surface area contributed by atoms with E-state index in [0.717, 1.165) is 24.8 Å². The van der Waals surface area contributed by atoms with Crippen LogP contribution in [0.4, 0.5) is 11.5 Å². The smallest absolute Gasteiger partial charge is 0.282 e. The third kappa shape index (κ3) is 3.29. The highest BCUT2D eigenvalue weighted by atomic mass is 16.6. The fourth-order valence-corrected chi connectivity index (χ4v) is 3.34. The number of amides is 1. The number of nitro benzene ring substituents is 1. The molecular formula is C19H16N4O4. The monoisotopic (exact) mass is 364 g/mol. The van der Waals surface area contributed by atoms with Crippen molar-refractivity contribution < 1.29 is 14.3 Å². The molecule has 0 atom stereocenters. The fourth-order valence-electron chi connectivity index (χ4n) is 3.34. The van der Waals surface area contributed by atoms with E-state index in [9.17, 15) is 14.9 Å². The lowest BCUT2D eigenvalue weighted by Gasteiger charge is -2.16. The van der Waals surface area contributed by atoms with Gasteiger partial charge in [-0.25, -0.2) is 4.63 Å². The lowest BCUT2D eigenvalue weighted by Crippen LogP contribution is -2.14. The molecule has 0 aliphatic heterocycles. The molecule has 1 aliphatic carbocycles. The van der Waals surface area contributed by atoms with Crippen molar-refractivity contribution >= 4 is 17.4 Å². The Morgan fingerprint density at radius 1 is 1.07 bits per heavy atom. The van der Waals surface area contributed by atoms with Gasteiger partial charge in [-0.1, -0.05) is 24.3 Å². The number of nitro groups is 1. The lowest BCUT2D eigenvalue weighted by atomic mass is 9.90. The van der Waals surface area contributed by atoms with E-state index in [-0.39, 0.29) is 17.1 Å². The number of benzene rings is 2. The average molecular weight is 364 g/mol. The zero-order valence-corrected chi connectivity index (χ0v) is 14.3. The zero-order valence-electron chi connectivity index (χ0n) is 14.3. The minimum atomic E-state index is -0.641. The van der Waals surface area contributed by atoms with Crippen LogP contribution in [0.15, 0.2) is 47.1 Å². The van der Waals surface area contributed by atoms with Crippen molar-refractivity contribution in [2.24, 2.45) is 0 Å². The van der Waals surface area contributed by atoms with E-state index < -0.39 is 10.8 Å². The van der Waals surface area contributed by atoms with Crippen LogP contribution in [-0.4, -0.2) is 21.1 Å². The Bertz CT molecular complexity index is 1030. The Kier molecular flexibility index (Phi) is 4.37. The molecule has 8 nitrogen and oxygen atoms in total. The molecule has 0 saturated carbocycles. The Balaban J connectivity index is 1.63. The molecule has 0 radical (unpaired) electrons. The fraction of sp³-hybridized carbons (Fsp3) is 0.211. The van der Waals surface area contributed by atoms with Crippen molar-refractivity contribution in [1.29, 1.82) is 0 Å². The van der Waals surface area contributed by atoms with Crippen molar-refractivity contribution in [3.05, 3.63) is 69.3 Å². The molecule has 4 rings (SSSR count). The summed E-state index contributed by atoms with van der Waals surface area (Å²) in [6, 6.07) is 11.8. The number of aromatic nitrogens is 2. The van der Waals surface area contributed by atoms with Gasteiger partial charge in [0, 0.05) is 11.6 Å². The molecule has 3 aromatic rings. The van der Waals surface area contributed by atoms with Gasteiger partial charge in [-0.05, 0) is 59.3 Å². The quantitative estimate of drug-likeness (QED) is 0.557. The van der Waals surface area contributed by atoms with Crippen LogP contribution in [0.25, 0.3) is 11.3 Å². The van der Waals surface area contributed by atoms with Crippen molar-refractivity contribution in [2.45, 2.75) is 25.7 Å². The molecule has 8 heteroatoms. The van der Waals surface area contributed by atoms with Crippen LogP contribution in [-0.2, 0) is 12.8 Å². The number of carbonyl (C=O) groups is 1. The van der Waals surface area contributed by atoms with Crippen molar-refractivity contribution in [3.8, 4) is 11.3 Å². The summed E-state index contributed by atoms with van der Waals surface area (Å²) in [5, 5.41) is 21.4. The second kappa shape index (κ2) is 6.99. The largest absolute Gasteiger partial charge is 0.302 e. The molecule has 0 spiro atoms. The van der Waals surface area contributed by atoms with Crippen LogP contribution >= 0.6 is 0 Å². The van der Waals surface area contributed by atoms with Gasteiger partial charge in [-0.15, -0.1) is 0 Å². The summed E-state index contributed by atoms with van der Waals surface area (Å²) < 4.78 is 4.81. The van der Waals surface area contributed by atoms with Gasteiger partial charge < -0.3 is 5.32 Å². The Morgan fingerprint density at radius 3 is 2.67 bits per heavy atom. The number of hydrogen-bond acceptors (Lipinski definition) is 6. The standard InChI is InChI=1S/C19H16N4O4/c24-19(15-7-3-4-8-16(15)23(25)26)20-18-17(21-27-22-18)14-10-9-12-5-1-2-6-13(12)11-14/h3-4,7-11H,1-2,5-6H2,(H,20,22,24). The highest BCUT2D eigenvalue weighted by molar-refractivity contribution is 6.07. The summed E-state index contributed by atoms with van der Waals surface area (Å²) in [4.78, 5) is 23.1. The highest BCUT2D eigenvalue weighted by Gasteiger charge is 2.23. The van der Waals surface area contributed by atoms with E-state index in [1.807, 2.05) is 12.1 Å².